The van der Waals surface area contributed by atoms with Gasteiger partial charge in [0.05, 0.1) is 11.4 Å². The highest BCUT2D eigenvalue weighted by Crippen LogP contribution is 2.35. The number of rotatable bonds is 2. The minimum absolute atomic E-state index is 0.718. The molecule has 0 amide bonds. The fourth-order valence-electron chi connectivity index (χ4n) is 2.94. The Labute approximate surface area is 144 Å². The highest BCUT2D eigenvalue weighted by molar-refractivity contribution is 6.31. The number of aromatic nitrogens is 2. The first-order chi connectivity index (χ1) is 11.1. The lowest BCUT2D eigenvalue weighted by Crippen LogP contribution is -2.04. The van der Waals surface area contributed by atoms with Crippen molar-refractivity contribution in [1.82, 2.24) is 9.78 Å². The van der Waals surface area contributed by atoms with Crippen molar-refractivity contribution >= 4 is 29.0 Å². The average Bonchev–Trinajstić information content (AvgIpc) is 3.12. The zero-order valence-corrected chi connectivity index (χ0v) is 14.1. The molecule has 0 saturated heterocycles. The van der Waals surface area contributed by atoms with Crippen molar-refractivity contribution in [1.29, 1.82) is 0 Å². The molecule has 2 aromatic carbocycles. The summed E-state index contributed by atoms with van der Waals surface area (Å²) in [6.07, 6.45) is 0.955. The van der Waals surface area contributed by atoms with Crippen LogP contribution in [-0.2, 0) is 6.42 Å². The van der Waals surface area contributed by atoms with E-state index in [2.05, 4.69) is 5.32 Å². The molecule has 3 aromatic rings. The second-order valence-corrected chi connectivity index (χ2v) is 6.55. The van der Waals surface area contributed by atoms with Crippen LogP contribution in [0.15, 0.2) is 42.5 Å². The van der Waals surface area contributed by atoms with Gasteiger partial charge in [-0.15, -0.1) is 0 Å². The number of fused-ring (bicyclic) bond motifs is 1. The van der Waals surface area contributed by atoms with Gasteiger partial charge in [0.1, 0.15) is 5.82 Å². The van der Waals surface area contributed by atoms with E-state index in [1.54, 1.807) is 0 Å². The zero-order valence-electron chi connectivity index (χ0n) is 12.6. The first-order valence-corrected chi connectivity index (χ1v) is 8.27. The van der Waals surface area contributed by atoms with Crippen molar-refractivity contribution in [3.63, 3.8) is 0 Å². The highest BCUT2D eigenvalue weighted by atomic mass is 35.5. The molecule has 3 nitrogen and oxygen atoms in total. The summed E-state index contributed by atoms with van der Waals surface area (Å²) >= 11 is 12.4. The smallest absolute Gasteiger partial charge is 0.133 e. The van der Waals surface area contributed by atoms with Crippen molar-refractivity contribution in [2.24, 2.45) is 0 Å². The second-order valence-electron chi connectivity index (χ2n) is 5.71. The maximum Gasteiger partial charge on any atom is 0.133 e. The monoisotopic (exact) mass is 343 g/mol. The minimum Gasteiger partial charge on any atom is -0.369 e. The van der Waals surface area contributed by atoms with Crippen LogP contribution in [0.1, 0.15) is 11.1 Å². The number of hydrogen-bond donors (Lipinski definition) is 1. The van der Waals surface area contributed by atoms with E-state index in [9.17, 15) is 0 Å². The number of nitrogens with one attached hydrogen (secondary N) is 1. The quantitative estimate of drug-likeness (QED) is 0.699. The second kappa shape index (κ2) is 5.59. The molecule has 1 aliphatic heterocycles. The fourth-order valence-corrected chi connectivity index (χ4v) is 3.31. The van der Waals surface area contributed by atoms with Crippen LogP contribution in [0, 0.1) is 6.92 Å². The van der Waals surface area contributed by atoms with Crippen LogP contribution in [-0.4, -0.2) is 16.3 Å². The molecule has 0 atom stereocenters. The van der Waals surface area contributed by atoms with Gasteiger partial charge in [0.15, 0.2) is 0 Å². The average molecular weight is 344 g/mol. The summed E-state index contributed by atoms with van der Waals surface area (Å²) in [5, 5.41) is 9.71. The molecule has 1 aliphatic rings. The predicted octanol–water partition coefficient (Wildman–Crippen LogP) is 5.12. The maximum atomic E-state index is 6.28. The van der Waals surface area contributed by atoms with Crippen LogP contribution in [0.25, 0.3) is 16.9 Å². The van der Waals surface area contributed by atoms with E-state index in [0.717, 1.165) is 51.3 Å². The molecule has 2 heterocycles. The number of benzene rings is 2. The molecule has 0 aliphatic carbocycles. The third-order valence-electron chi connectivity index (χ3n) is 4.15. The number of aryl methyl sites for hydroxylation is 1. The third kappa shape index (κ3) is 2.50. The van der Waals surface area contributed by atoms with Crippen molar-refractivity contribution in [2.45, 2.75) is 13.3 Å². The van der Waals surface area contributed by atoms with Crippen LogP contribution in [0.2, 0.25) is 10.0 Å². The standard InChI is InChI=1S/C18H15Cl2N3/c1-11-5-6-14(10-16(11)20)23-18-15(7-8-21-18)17(22-23)12-3-2-4-13(19)9-12/h2-6,9-10,21H,7-8H2,1H3. The molecule has 1 aromatic heterocycles. The molecule has 116 valence electrons. The Kier molecular flexibility index (Phi) is 3.55. The van der Waals surface area contributed by atoms with E-state index in [1.807, 2.05) is 54.1 Å². The summed E-state index contributed by atoms with van der Waals surface area (Å²) < 4.78 is 1.93. The van der Waals surface area contributed by atoms with E-state index < -0.39 is 0 Å². The van der Waals surface area contributed by atoms with Gasteiger partial charge >= 0.3 is 0 Å². The minimum atomic E-state index is 0.718. The fraction of sp³-hybridized carbons (Fsp3) is 0.167. The maximum absolute atomic E-state index is 6.28. The Morgan fingerprint density at radius 3 is 2.78 bits per heavy atom. The first-order valence-electron chi connectivity index (χ1n) is 7.52. The summed E-state index contributed by atoms with van der Waals surface area (Å²) in [6.45, 7) is 2.91. The van der Waals surface area contributed by atoms with Crippen molar-refractivity contribution < 1.29 is 0 Å². The largest absolute Gasteiger partial charge is 0.369 e. The van der Waals surface area contributed by atoms with Gasteiger partial charge in [-0.2, -0.15) is 5.10 Å². The van der Waals surface area contributed by atoms with Gasteiger partial charge in [-0.05, 0) is 43.2 Å². The summed E-state index contributed by atoms with van der Waals surface area (Å²) in [7, 11) is 0. The molecule has 23 heavy (non-hydrogen) atoms. The molecule has 0 saturated carbocycles. The lowest BCUT2D eigenvalue weighted by atomic mass is 10.1. The van der Waals surface area contributed by atoms with E-state index in [-0.39, 0.29) is 0 Å². The Morgan fingerprint density at radius 2 is 2.00 bits per heavy atom. The number of nitrogens with zero attached hydrogens (tertiary/aromatic N) is 2. The number of hydrogen-bond acceptors (Lipinski definition) is 2. The van der Waals surface area contributed by atoms with Gasteiger partial charge in [-0.1, -0.05) is 41.4 Å². The van der Waals surface area contributed by atoms with Crippen molar-refractivity contribution in [3.8, 4) is 16.9 Å². The van der Waals surface area contributed by atoms with E-state index in [4.69, 9.17) is 28.3 Å². The van der Waals surface area contributed by atoms with Crippen LogP contribution in [0.3, 0.4) is 0 Å². The topological polar surface area (TPSA) is 29.9 Å². The lowest BCUT2D eigenvalue weighted by Gasteiger charge is -2.08. The molecule has 0 bridgehead atoms. The lowest BCUT2D eigenvalue weighted by molar-refractivity contribution is 0.882. The van der Waals surface area contributed by atoms with Crippen LogP contribution < -0.4 is 5.32 Å². The summed E-state index contributed by atoms with van der Waals surface area (Å²) in [6, 6.07) is 13.8. The van der Waals surface area contributed by atoms with Gasteiger partial charge in [-0.25, -0.2) is 4.68 Å². The van der Waals surface area contributed by atoms with Crippen molar-refractivity contribution in [2.75, 3.05) is 11.9 Å². The summed E-state index contributed by atoms with van der Waals surface area (Å²) in [5.41, 5.74) is 5.25. The summed E-state index contributed by atoms with van der Waals surface area (Å²) in [4.78, 5) is 0. The Hall–Kier alpha value is -1.97. The number of halogens is 2. The van der Waals surface area contributed by atoms with Crippen LogP contribution >= 0.6 is 23.2 Å². The zero-order chi connectivity index (χ0) is 16.0. The predicted molar refractivity (Wildman–Crippen MR) is 96.0 cm³/mol. The number of anilines is 1. The van der Waals surface area contributed by atoms with E-state index >= 15 is 0 Å². The SMILES string of the molecule is Cc1ccc(-n2nc(-c3cccc(Cl)c3)c3c2NCC3)cc1Cl. The Morgan fingerprint density at radius 1 is 1.13 bits per heavy atom. The molecule has 5 heteroatoms. The normalized spacial score (nSPS) is 13.0. The first kappa shape index (κ1) is 14.6. The third-order valence-corrected chi connectivity index (χ3v) is 4.79. The Balaban J connectivity index is 1.89. The van der Waals surface area contributed by atoms with Crippen molar-refractivity contribution in [3.05, 3.63) is 63.6 Å². The molecular weight excluding hydrogens is 329 g/mol. The van der Waals surface area contributed by atoms with Gasteiger partial charge in [0.25, 0.3) is 0 Å². The van der Waals surface area contributed by atoms with Gasteiger partial charge < -0.3 is 5.32 Å². The van der Waals surface area contributed by atoms with Crippen LogP contribution in [0.5, 0.6) is 0 Å². The van der Waals surface area contributed by atoms with Crippen LogP contribution in [0.4, 0.5) is 5.82 Å². The molecule has 0 radical (unpaired) electrons. The molecule has 0 fully saturated rings. The molecular formula is C18H15Cl2N3. The molecule has 4 rings (SSSR count). The Bertz CT molecular complexity index is 899. The van der Waals surface area contributed by atoms with E-state index in [0.29, 0.717) is 0 Å². The highest BCUT2D eigenvalue weighted by Gasteiger charge is 2.24. The summed E-state index contributed by atoms with van der Waals surface area (Å²) in [5.74, 6) is 1.04. The molecule has 0 unspecified atom stereocenters. The van der Waals surface area contributed by atoms with E-state index in [1.165, 1.54) is 5.56 Å². The van der Waals surface area contributed by atoms with Gasteiger partial charge in [-0.3, -0.25) is 0 Å². The molecule has 1 N–H and O–H groups in total. The van der Waals surface area contributed by atoms with Gasteiger partial charge in [0, 0.05) is 27.7 Å². The molecule has 0 spiro atoms. The van der Waals surface area contributed by atoms with Gasteiger partial charge in [0.2, 0.25) is 0 Å².